The topological polar surface area (TPSA) is 65.9 Å². The quantitative estimate of drug-likeness (QED) is 0.276. The third-order valence-corrected chi connectivity index (χ3v) is 6.16. The minimum atomic E-state index is -0.542. The molecule has 1 aromatic carbocycles. The number of rotatable bonds is 9. The van der Waals surface area contributed by atoms with Gasteiger partial charge in [0.05, 0.1) is 0 Å². The molecule has 3 N–H and O–H groups in total. The number of thiophene rings is 1. The van der Waals surface area contributed by atoms with Gasteiger partial charge in [-0.1, -0.05) is 18.2 Å². The number of aliphatic hydroxyl groups excluding tert-OH is 1. The molecule has 1 atom stereocenters. The van der Waals surface area contributed by atoms with Crippen LogP contribution in [-0.4, -0.2) is 44.4 Å². The summed E-state index contributed by atoms with van der Waals surface area (Å²) >= 11 is 1.64. The summed E-state index contributed by atoms with van der Waals surface area (Å²) in [4.78, 5) is 5.72. The first kappa shape index (κ1) is 22.4. The Labute approximate surface area is 182 Å². The Morgan fingerprint density at radius 1 is 1.33 bits per heavy atom. The molecular weight excluding hydrogens is 473 g/mol. The normalized spacial score (nSPS) is 16.6. The van der Waals surface area contributed by atoms with Gasteiger partial charge in [-0.05, 0) is 49.1 Å². The van der Waals surface area contributed by atoms with Crippen molar-refractivity contribution in [2.45, 2.75) is 32.3 Å². The first-order valence-electron chi connectivity index (χ1n) is 9.33. The van der Waals surface area contributed by atoms with Gasteiger partial charge in [0.2, 0.25) is 0 Å². The fourth-order valence-corrected chi connectivity index (χ4v) is 4.08. The summed E-state index contributed by atoms with van der Waals surface area (Å²) in [6.45, 7) is 4.91. The zero-order valence-electron chi connectivity index (χ0n) is 16.0. The molecule has 27 heavy (non-hydrogen) atoms. The maximum Gasteiger partial charge on any atom is 0.191 e. The number of hydrogen-bond acceptors (Lipinski definition) is 4. The highest BCUT2D eigenvalue weighted by Gasteiger charge is 2.41. The number of aliphatic hydroxyl groups is 1. The van der Waals surface area contributed by atoms with Crippen molar-refractivity contribution in [1.82, 2.24) is 10.6 Å². The van der Waals surface area contributed by atoms with Crippen molar-refractivity contribution in [2.24, 2.45) is 10.4 Å². The molecular formula is C20H30IN3O2S. The lowest BCUT2D eigenvalue weighted by Gasteiger charge is -2.16. The minimum Gasteiger partial charge on any atom is -0.386 e. The van der Waals surface area contributed by atoms with E-state index in [4.69, 9.17) is 9.73 Å². The van der Waals surface area contributed by atoms with Crippen LogP contribution in [0.5, 0.6) is 0 Å². The van der Waals surface area contributed by atoms with E-state index in [2.05, 4.69) is 35.8 Å². The van der Waals surface area contributed by atoms with Gasteiger partial charge in [0.25, 0.3) is 0 Å². The molecule has 7 heteroatoms. The smallest absolute Gasteiger partial charge is 0.191 e. The van der Waals surface area contributed by atoms with Gasteiger partial charge in [-0.2, -0.15) is 0 Å². The fourth-order valence-electron chi connectivity index (χ4n) is 3.03. The molecule has 0 radical (unpaired) electrons. The summed E-state index contributed by atoms with van der Waals surface area (Å²) in [5.74, 6) is 0.774. The maximum absolute atomic E-state index is 10.5. The molecule has 0 spiro atoms. The van der Waals surface area contributed by atoms with E-state index in [1.54, 1.807) is 18.4 Å². The lowest BCUT2D eigenvalue weighted by atomic mass is 10.0. The van der Waals surface area contributed by atoms with Crippen LogP contribution < -0.4 is 10.6 Å². The van der Waals surface area contributed by atoms with E-state index in [1.165, 1.54) is 22.9 Å². The molecule has 2 aromatic rings. The van der Waals surface area contributed by atoms with Crippen molar-refractivity contribution in [3.05, 3.63) is 35.2 Å². The number of halogens is 1. The van der Waals surface area contributed by atoms with Crippen LogP contribution in [0.4, 0.5) is 0 Å². The number of aliphatic imine (C=N–C) groups is 1. The maximum atomic E-state index is 10.5. The minimum absolute atomic E-state index is 0. The Morgan fingerprint density at radius 3 is 2.78 bits per heavy atom. The Kier molecular flexibility index (Phi) is 8.78. The molecule has 1 unspecified atom stereocenters. The van der Waals surface area contributed by atoms with Gasteiger partial charge in [-0.15, -0.1) is 35.3 Å². The van der Waals surface area contributed by atoms with Gasteiger partial charge in [0.1, 0.15) is 6.10 Å². The van der Waals surface area contributed by atoms with Crippen LogP contribution in [-0.2, 0) is 4.74 Å². The summed E-state index contributed by atoms with van der Waals surface area (Å²) in [7, 11) is 1.75. The number of ether oxygens (including phenoxy) is 1. The number of hydrogen-bond donors (Lipinski definition) is 3. The summed E-state index contributed by atoms with van der Waals surface area (Å²) in [6.07, 6.45) is 2.98. The first-order chi connectivity index (χ1) is 12.7. The van der Waals surface area contributed by atoms with E-state index in [0.717, 1.165) is 37.0 Å². The summed E-state index contributed by atoms with van der Waals surface area (Å²) in [5.41, 5.74) is 0.322. The molecule has 0 bridgehead atoms. The van der Waals surface area contributed by atoms with Crippen LogP contribution in [0.3, 0.4) is 0 Å². The molecule has 1 aromatic heterocycles. The Morgan fingerprint density at radius 2 is 2.11 bits per heavy atom. The number of nitrogens with zero attached hydrogens (tertiary/aromatic N) is 1. The largest absolute Gasteiger partial charge is 0.386 e. The third-order valence-electron chi connectivity index (χ3n) is 4.95. The number of methoxy groups -OCH3 is 1. The lowest BCUT2D eigenvalue weighted by Crippen LogP contribution is -2.39. The zero-order valence-corrected chi connectivity index (χ0v) is 19.2. The van der Waals surface area contributed by atoms with E-state index in [0.29, 0.717) is 12.0 Å². The highest BCUT2D eigenvalue weighted by molar-refractivity contribution is 14.0. The van der Waals surface area contributed by atoms with Crippen LogP contribution >= 0.6 is 35.3 Å². The Hall–Kier alpha value is -0.900. The molecule has 1 aliphatic carbocycles. The van der Waals surface area contributed by atoms with E-state index in [-0.39, 0.29) is 24.0 Å². The van der Waals surface area contributed by atoms with Crippen molar-refractivity contribution >= 4 is 51.4 Å². The molecule has 1 fully saturated rings. The number of benzene rings is 1. The van der Waals surface area contributed by atoms with Crippen LogP contribution in [0, 0.1) is 5.41 Å². The second-order valence-corrected chi connectivity index (χ2v) is 8.14. The molecule has 0 saturated heterocycles. The summed E-state index contributed by atoms with van der Waals surface area (Å²) in [5, 5.41) is 18.3. The standard InChI is InChI=1S/C20H29N3O2S.HI/c1-3-21-19(23-14-20(8-9-20)10-11-25-2)22-13-16(24)18-12-15-6-4-5-7-17(15)26-18;/h4-7,12,16,24H,3,8-11,13-14H2,1-2H3,(H2,21,22,23);1H. The lowest BCUT2D eigenvalue weighted by molar-refractivity contribution is 0.174. The molecule has 1 aliphatic rings. The van der Waals surface area contributed by atoms with Gasteiger partial charge in [-0.25, -0.2) is 0 Å². The van der Waals surface area contributed by atoms with Crippen LogP contribution in [0.1, 0.15) is 37.2 Å². The van der Waals surface area contributed by atoms with Crippen molar-refractivity contribution in [2.75, 3.05) is 33.4 Å². The van der Waals surface area contributed by atoms with Gasteiger partial charge in [0, 0.05) is 42.9 Å². The SMILES string of the molecule is CCNC(=NCC1(CCOC)CC1)NCC(O)c1cc2ccccc2s1.I. The molecule has 0 amide bonds. The van der Waals surface area contributed by atoms with Crippen LogP contribution in [0.15, 0.2) is 35.3 Å². The van der Waals surface area contributed by atoms with Crippen LogP contribution in [0.2, 0.25) is 0 Å². The molecule has 5 nitrogen and oxygen atoms in total. The van der Waals surface area contributed by atoms with Gasteiger partial charge in [-0.3, -0.25) is 4.99 Å². The summed E-state index contributed by atoms with van der Waals surface area (Å²) in [6, 6.07) is 10.3. The number of nitrogens with one attached hydrogen (secondary N) is 2. The number of fused-ring (bicyclic) bond motifs is 1. The average Bonchev–Trinajstić information content (AvgIpc) is 3.29. The second-order valence-electron chi connectivity index (χ2n) is 7.02. The highest BCUT2D eigenvalue weighted by Crippen LogP contribution is 2.48. The molecule has 150 valence electrons. The van der Waals surface area contributed by atoms with E-state index < -0.39 is 6.10 Å². The van der Waals surface area contributed by atoms with Crippen molar-refractivity contribution in [3.63, 3.8) is 0 Å². The molecule has 1 heterocycles. The Balaban J connectivity index is 0.00000261. The van der Waals surface area contributed by atoms with Crippen molar-refractivity contribution < 1.29 is 9.84 Å². The van der Waals surface area contributed by atoms with Crippen molar-refractivity contribution in [1.29, 1.82) is 0 Å². The third kappa shape index (κ3) is 6.30. The highest BCUT2D eigenvalue weighted by atomic mass is 127. The second kappa shape index (κ2) is 10.6. The molecule has 3 rings (SSSR count). The number of guanidine groups is 1. The Bertz CT molecular complexity index is 713. The van der Waals surface area contributed by atoms with Gasteiger partial charge < -0.3 is 20.5 Å². The predicted molar refractivity (Wildman–Crippen MR) is 124 cm³/mol. The van der Waals surface area contributed by atoms with E-state index in [9.17, 15) is 5.11 Å². The van der Waals surface area contributed by atoms with Crippen molar-refractivity contribution in [3.8, 4) is 0 Å². The first-order valence-corrected chi connectivity index (χ1v) is 10.1. The summed E-state index contributed by atoms with van der Waals surface area (Å²) < 4.78 is 6.42. The fraction of sp³-hybridized carbons (Fsp3) is 0.550. The predicted octanol–water partition coefficient (Wildman–Crippen LogP) is 3.92. The monoisotopic (exact) mass is 503 g/mol. The zero-order chi connectivity index (χ0) is 18.4. The van der Waals surface area contributed by atoms with Gasteiger partial charge >= 0.3 is 0 Å². The van der Waals surface area contributed by atoms with Crippen LogP contribution in [0.25, 0.3) is 10.1 Å². The van der Waals surface area contributed by atoms with E-state index in [1.807, 2.05) is 12.1 Å². The molecule has 1 saturated carbocycles. The van der Waals surface area contributed by atoms with Gasteiger partial charge in [0.15, 0.2) is 5.96 Å². The average molecular weight is 503 g/mol. The van der Waals surface area contributed by atoms with E-state index >= 15 is 0 Å². The molecule has 0 aliphatic heterocycles.